The maximum absolute atomic E-state index is 12.5. The molecule has 0 N–H and O–H groups in total. The summed E-state index contributed by atoms with van der Waals surface area (Å²) in [4.78, 5) is 44.2. The van der Waals surface area contributed by atoms with Crippen molar-refractivity contribution in [1.82, 2.24) is 0 Å². The van der Waals surface area contributed by atoms with E-state index in [1.807, 2.05) is 0 Å². The van der Waals surface area contributed by atoms with Gasteiger partial charge in [0.1, 0.15) is 12.3 Å². The summed E-state index contributed by atoms with van der Waals surface area (Å²) in [7, 11) is 0. The Morgan fingerprint density at radius 1 is 1.33 bits per heavy atom. The first-order valence-electron chi connectivity index (χ1n) is 8.77. The van der Waals surface area contributed by atoms with Crippen molar-refractivity contribution in [2.45, 2.75) is 71.8 Å². The van der Waals surface area contributed by atoms with Gasteiger partial charge >= 0.3 is 11.9 Å². The van der Waals surface area contributed by atoms with Gasteiger partial charge in [0.2, 0.25) is 11.8 Å². The number of esters is 2. The molecular weight excluding hydrogens is 356 g/mol. The molecule has 0 aromatic rings. The Hall–Kier alpha value is -2.25. The molecule has 2 atom stereocenters. The molecule has 0 aromatic carbocycles. The van der Waals surface area contributed by atoms with Crippen molar-refractivity contribution in [3.63, 3.8) is 0 Å². The van der Waals surface area contributed by atoms with Gasteiger partial charge < -0.3 is 19.0 Å². The summed E-state index contributed by atoms with van der Waals surface area (Å²) in [6, 6.07) is 0. The first-order valence-corrected chi connectivity index (χ1v) is 8.77. The minimum absolute atomic E-state index is 0.111. The van der Waals surface area contributed by atoms with Crippen LogP contribution in [0.1, 0.15) is 54.9 Å². The second-order valence-electron chi connectivity index (χ2n) is 7.57. The normalized spacial score (nSPS) is 21.6. The van der Waals surface area contributed by atoms with Crippen LogP contribution in [0, 0.1) is 5.92 Å². The number of carbonyl (C=O) groups is 2. The smallest absolute Gasteiger partial charge is 0.357 e. The molecule has 9 nitrogen and oxygen atoms in total. The van der Waals surface area contributed by atoms with Crippen LogP contribution in [0.2, 0.25) is 0 Å². The minimum Gasteiger partial charge on any atom is -0.463 e. The number of ether oxygens (including phenoxy) is 3. The highest BCUT2D eigenvalue weighted by Crippen LogP contribution is 2.38. The Morgan fingerprint density at radius 2 is 1.96 bits per heavy atom. The fourth-order valence-corrected chi connectivity index (χ4v) is 2.66. The van der Waals surface area contributed by atoms with Crippen molar-refractivity contribution in [3.8, 4) is 0 Å². The zero-order valence-electron chi connectivity index (χ0n) is 17.0. The first kappa shape index (κ1) is 22.8. The van der Waals surface area contributed by atoms with Crippen LogP contribution in [0.15, 0.2) is 10.1 Å². The summed E-state index contributed by atoms with van der Waals surface area (Å²) in [5, 5.41) is 3.99. The van der Waals surface area contributed by atoms with Crippen LogP contribution < -0.4 is 0 Å². The van der Waals surface area contributed by atoms with Gasteiger partial charge in [-0.15, -0.1) is 0 Å². The first-order chi connectivity index (χ1) is 12.4. The number of rotatable bonds is 8. The van der Waals surface area contributed by atoms with Crippen LogP contribution in [0.25, 0.3) is 0 Å². The number of oxime groups is 1. The SMILES string of the molecule is CCOC(=O)C1(COC(C)=O)CC([C@@](N=C=O)(OC(C)(C)C)C(C)C)=NO1. The number of nitrogens with zero attached hydrogens (tertiary/aromatic N) is 2. The highest BCUT2D eigenvalue weighted by molar-refractivity contribution is 5.99. The predicted molar refractivity (Wildman–Crippen MR) is 95.7 cm³/mol. The van der Waals surface area contributed by atoms with Gasteiger partial charge in [-0.1, -0.05) is 19.0 Å². The summed E-state index contributed by atoms with van der Waals surface area (Å²) in [5.41, 5.74) is -3.60. The van der Waals surface area contributed by atoms with Gasteiger partial charge in [-0.3, -0.25) is 4.79 Å². The molecule has 1 heterocycles. The third-order valence-corrected chi connectivity index (χ3v) is 3.81. The number of carbonyl (C=O) groups excluding carboxylic acids is 3. The van der Waals surface area contributed by atoms with E-state index in [1.165, 1.54) is 13.0 Å². The quantitative estimate of drug-likeness (QED) is 0.358. The van der Waals surface area contributed by atoms with E-state index in [9.17, 15) is 14.4 Å². The Kier molecular flexibility index (Phi) is 7.28. The van der Waals surface area contributed by atoms with Crippen molar-refractivity contribution in [2.75, 3.05) is 13.2 Å². The fraction of sp³-hybridized carbons (Fsp3) is 0.778. The lowest BCUT2D eigenvalue weighted by Gasteiger charge is -2.38. The second-order valence-corrected chi connectivity index (χ2v) is 7.57. The molecule has 0 spiro atoms. The molecule has 9 heteroatoms. The largest absolute Gasteiger partial charge is 0.463 e. The van der Waals surface area contributed by atoms with Crippen molar-refractivity contribution < 1.29 is 33.4 Å². The Balaban J connectivity index is 3.32. The fourth-order valence-electron chi connectivity index (χ4n) is 2.66. The van der Waals surface area contributed by atoms with Crippen LogP contribution in [0.3, 0.4) is 0 Å². The van der Waals surface area contributed by atoms with Crippen molar-refractivity contribution in [2.24, 2.45) is 16.1 Å². The monoisotopic (exact) mass is 384 g/mol. The Bertz CT molecular complexity index is 647. The standard InChI is InChI=1S/C18H28N2O7/c1-8-24-15(23)17(10-25-13(4)22)9-14(20-27-17)18(12(2)3,19-11-21)26-16(5,6)7/h12H,8-10H2,1-7H3/t17?,18-/m0/s1. The summed E-state index contributed by atoms with van der Waals surface area (Å²) in [6.07, 6.45) is 1.42. The van der Waals surface area contributed by atoms with Gasteiger partial charge in [-0.2, -0.15) is 4.99 Å². The van der Waals surface area contributed by atoms with Gasteiger partial charge in [0.15, 0.2) is 0 Å². The molecule has 0 saturated carbocycles. The number of aliphatic imine (C=N–C) groups is 1. The maximum Gasteiger partial charge on any atom is 0.357 e. The van der Waals surface area contributed by atoms with Crippen LogP contribution in [0.4, 0.5) is 0 Å². The summed E-state index contributed by atoms with van der Waals surface area (Å²) in [5.74, 6) is -1.64. The summed E-state index contributed by atoms with van der Waals surface area (Å²) in [6.45, 7) is 11.6. The molecule has 0 amide bonds. The molecule has 0 fully saturated rings. The van der Waals surface area contributed by atoms with Gasteiger partial charge in [0.25, 0.3) is 5.60 Å². The highest BCUT2D eigenvalue weighted by atomic mass is 16.7. The maximum atomic E-state index is 12.5. The van der Waals surface area contributed by atoms with E-state index < -0.39 is 28.9 Å². The average Bonchev–Trinajstić information content (AvgIpc) is 2.97. The van der Waals surface area contributed by atoms with Gasteiger partial charge in [-0.25, -0.2) is 9.59 Å². The van der Waals surface area contributed by atoms with Gasteiger partial charge in [-0.05, 0) is 27.7 Å². The highest BCUT2D eigenvalue weighted by Gasteiger charge is 2.56. The number of hydrogen-bond acceptors (Lipinski definition) is 9. The molecule has 27 heavy (non-hydrogen) atoms. The van der Waals surface area contributed by atoms with Crippen LogP contribution in [0.5, 0.6) is 0 Å². The van der Waals surface area contributed by atoms with Crippen LogP contribution >= 0.6 is 0 Å². The molecule has 1 rings (SSSR count). The third-order valence-electron chi connectivity index (χ3n) is 3.81. The molecule has 0 bridgehead atoms. The third kappa shape index (κ3) is 5.37. The zero-order chi connectivity index (χ0) is 20.9. The zero-order valence-corrected chi connectivity index (χ0v) is 17.0. The second kappa shape index (κ2) is 8.63. The molecule has 152 valence electrons. The lowest BCUT2D eigenvalue weighted by molar-refractivity contribution is -0.179. The molecule has 1 aliphatic heterocycles. The van der Waals surface area contributed by atoms with Gasteiger partial charge in [0, 0.05) is 12.8 Å². The van der Waals surface area contributed by atoms with Crippen molar-refractivity contribution >= 4 is 23.7 Å². The molecule has 1 aliphatic rings. The van der Waals surface area contributed by atoms with E-state index in [0.717, 1.165) is 0 Å². The van der Waals surface area contributed by atoms with Crippen molar-refractivity contribution in [1.29, 1.82) is 0 Å². The van der Waals surface area contributed by atoms with E-state index in [1.54, 1.807) is 41.5 Å². The van der Waals surface area contributed by atoms with E-state index in [-0.39, 0.29) is 31.3 Å². The summed E-state index contributed by atoms with van der Waals surface area (Å²) < 4.78 is 16.1. The molecule has 0 saturated heterocycles. The predicted octanol–water partition coefficient (Wildman–Crippen LogP) is 2.13. The van der Waals surface area contributed by atoms with E-state index in [4.69, 9.17) is 19.0 Å². The van der Waals surface area contributed by atoms with Crippen molar-refractivity contribution in [3.05, 3.63) is 0 Å². The topological polar surface area (TPSA) is 113 Å². The molecular formula is C18H28N2O7. The molecule has 0 radical (unpaired) electrons. The van der Waals surface area contributed by atoms with Crippen LogP contribution in [-0.4, -0.2) is 53.9 Å². The summed E-state index contributed by atoms with van der Waals surface area (Å²) >= 11 is 0. The Labute approximate surface area is 159 Å². The number of hydrogen-bond donors (Lipinski definition) is 0. The lowest BCUT2D eigenvalue weighted by atomic mass is 9.86. The average molecular weight is 384 g/mol. The lowest BCUT2D eigenvalue weighted by Crippen LogP contribution is -2.52. The van der Waals surface area contributed by atoms with E-state index in [0.29, 0.717) is 0 Å². The van der Waals surface area contributed by atoms with Gasteiger partial charge in [0.05, 0.1) is 18.6 Å². The van der Waals surface area contributed by atoms with E-state index in [2.05, 4.69) is 10.1 Å². The Morgan fingerprint density at radius 3 is 2.41 bits per heavy atom. The molecule has 1 unspecified atom stereocenters. The molecule has 0 aromatic heterocycles. The van der Waals surface area contributed by atoms with E-state index >= 15 is 0 Å². The van der Waals surface area contributed by atoms with Crippen LogP contribution in [-0.2, 0) is 33.4 Å². The number of isocyanates is 1. The minimum atomic E-state index is -1.66. The molecule has 0 aliphatic carbocycles.